The van der Waals surface area contributed by atoms with Gasteiger partial charge in [0.05, 0.1) is 17.9 Å². The Balaban J connectivity index is 2.29. The maximum atomic E-state index is 13.7. The smallest absolute Gasteiger partial charge is 0.257 e. The molecule has 1 amide bonds. The Hall–Kier alpha value is -2.40. The molecule has 2 rings (SSSR count). The molecular formula is C16H17FN2O2. The van der Waals surface area contributed by atoms with E-state index in [-0.39, 0.29) is 17.2 Å². The summed E-state index contributed by atoms with van der Waals surface area (Å²) in [6.45, 7) is 0.387. The third-order valence-corrected chi connectivity index (χ3v) is 3.07. The van der Waals surface area contributed by atoms with Gasteiger partial charge < -0.3 is 15.4 Å². The van der Waals surface area contributed by atoms with Crippen molar-refractivity contribution in [1.82, 2.24) is 0 Å². The highest BCUT2D eigenvalue weighted by Crippen LogP contribution is 2.22. The van der Waals surface area contributed by atoms with Gasteiger partial charge in [0.2, 0.25) is 0 Å². The molecule has 0 spiro atoms. The van der Waals surface area contributed by atoms with E-state index in [4.69, 9.17) is 4.74 Å². The molecule has 110 valence electrons. The number of anilines is 2. The number of benzene rings is 2. The van der Waals surface area contributed by atoms with Gasteiger partial charge in [0.15, 0.2) is 0 Å². The van der Waals surface area contributed by atoms with Crippen LogP contribution in [0.1, 0.15) is 15.9 Å². The van der Waals surface area contributed by atoms with Crippen molar-refractivity contribution in [2.24, 2.45) is 0 Å². The Morgan fingerprint density at radius 2 is 1.95 bits per heavy atom. The Labute approximate surface area is 122 Å². The van der Waals surface area contributed by atoms with Gasteiger partial charge in [0, 0.05) is 25.4 Å². The van der Waals surface area contributed by atoms with E-state index in [9.17, 15) is 9.18 Å². The Bertz CT molecular complexity index is 644. The molecule has 4 nitrogen and oxygen atoms in total. The van der Waals surface area contributed by atoms with Gasteiger partial charge in [0.25, 0.3) is 5.91 Å². The van der Waals surface area contributed by atoms with Crippen molar-refractivity contribution in [1.29, 1.82) is 0 Å². The minimum atomic E-state index is -0.463. The average Bonchev–Trinajstić information content (AvgIpc) is 2.49. The number of amides is 1. The second-order valence-electron chi connectivity index (χ2n) is 4.46. The first-order valence-electron chi connectivity index (χ1n) is 6.51. The molecule has 2 N–H and O–H groups in total. The predicted octanol–water partition coefficient (Wildman–Crippen LogP) is 3.27. The maximum absolute atomic E-state index is 13.7. The summed E-state index contributed by atoms with van der Waals surface area (Å²) in [5, 5.41) is 5.50. The monoisotopic (exact) mass is 288 g/mol. The van der Waals surface area contributed by atoms with Crippen LogP contribution in [0.4, 0.5) is 15.8 Å². The summed E-state index contributed by atoms with van der Waals surface area (Å²) in [6.07, 6.45) is 0. The number of carbonyl (C=O) groups excluding carboxylic acids is 1. The third-order valence-electron chi connectivity index (χ3n) is 3.07. The number of hydrogen-bond acceptors (Lipinski definition) is 3. The van der Waals surface area contributed by atoms with Gasteiger partial charge in [-0.25, -0.2) is 4.39 Å². The second kappa shape index (κ2) is 6.85. The van der Waals surface area contributed by atoms with Crippen molar-refractivity contribution < 1.29 is 13.9 Å². The number of para-hydroxylation sites is 2. The topological polar surface area (TPSA) is 50.4 Å². The van der Waals surface area contributed by atoms with E-state index < -0.39 is 5.82 Å². The first kappa shape index (κ1) is 15.0. The van der Waals surface area contributed by atoms with Crippen LogP contribution in [0.5, 0.6) is 0 Å². The van der Waals surface area contributed by atoms with Crippen molar-refractivity contribution in [3.8, 4) is 0 Å². The molecule has 0 unspecified atom stereocenters. The molecule has 0 aromatic heterocycles. The zero-order chi connectivity index (χ0) is 15.2. The maximum Gasteiger partial charge on any atom is 0.257 e. The summed E-state index contributed by atoms with van der Waals surface area (Å²) < 4.78 is 18.8. The third kappa shape index (κ3) is 3.38. The number of rotatable bonds is 5. The second-order valence-corrected chi connectivity index (χ2v) is 4.46. The van der Waals surface area contributed by atoms with Gasteiger partial charge in [-0.15, -0.1) is 0 Å². The van der Waals surface area contributed by atoms with Gasteiger partial charge in [-0.2, -0.15) is 0 Å². The van der Waals surface area contributed by atoms with Crippen molar-refractivity contribution in [2.45, 2.75) is 6.61 Å². The largest absolute Gasteiger partial charge is 0.385 e. The Morgan fingerprint density at radius 1 is 1.19 bits per heavy atom. The highest BCUT2D eigenvalue weighted by molar-refractivity contribution is 6.08. The van der Waals surface area contributed by atoms with E-state index in [0.29, 0.717) is 12.3 Å². The lowest BCUT2D eigenvalue weighted by molar-refractivity contribution is 0.102. The number of halogens is 1. The molecule has 0 atom stereocenters. The molecule has 0 aliphatic rings. The van der Waals surface area contributed by atoms with Crippen molar-refractivity contribution >= 4 is 17.3 Å². The molecule has 0 aliphatic heterocycles. The van der Waals surface area contributed by atoms with E-state index in [1.54, 1.807) is 26.3 Å². The predicted molar refractivity (Wildman–Crippen MR) is 81.1 cm³/mol. The SMILES string of the molecule is CNc1c(F)cccc1C(=O)Nc1ccccc1COC. The lowest BCUT2D eigenvalue weighted by Gasteiger charge is -2.13. The molecule has 0 aliphatic carbocycles. The molecule has 2 aromatic carbocycles. The summed E-state index contributed by atoms with van der Waals surface area (Å²) in [4.78, 5) is 12.3. The van der Waals surface area contributed by atoms with Gasteiger partial charge in [-0.05, 0) is 18.2 Å². The fourth-order valence-electron chi connectivity index (χ4n) is 2.08. The fourth-order valence-corrected chi connectivity index (χ4v) is 2.08. The van der Waals surface area contributed by atoms with Crippen LogP contribution < -0.4 is 10.6 Å². The first-order valence-corrected chi connectivity index (χ1v) is 6.51. The zero-order valence-electron chi connectivity index (χ0n) is 11.9. The number of carbonyl (C=O) groups is 1. The summed E-state index contributed by atoms with van der Waals surface area (Å²) in [7, 11) is 3.17. The Morgan fingerprint density at radius 3 is 2.67 bits per heavy atom. The molecule has 2 aromatic rings. The summed E-state index contributed by atoms with van der Waals surface area (Å²) in [5.41, 5.74) is 1.94. The number of methoxy groups -OCH3 is 1. The minimum absolute atomic E-state index is 0.180. The molecule has 5 heteroatoms. The molecule has 21 heavy (non-hydrogen) atoms. The standard InChI is InChI=1S/C16H17FN2O2/c1-18-15-12(7-5-8-13(15)17)16(20)19-14-9-4-3-6-11(14)10-21-2/h3-9,18H,10H2,1-2H3,(H,19,20). The van der Waals surface area contributed by atoms with Crippen molar-refractivity contribution in [3.63, 3.8) is 0 Å². The summed E-state index contributed by atoms with van der Waals surface area (Å²) >= 11 is 0. The highest BCUT2D eigenvalue weighted by atomic mass is 19.1. The Kier molecular flexibility index (Phi) is 4.90. The highest BCUT2D eigenvalue weighted by Gasteiger charge is 2.15. The van der Waals surface area contributed by atoms with Crippen LogP contribution in [0.2, 0.25) is 0 Å². The summed E-state index contributed by atoms with van der Waals surface area (Å²) in [5.74, 6) is -0.835. The van der Waals surface area contributed by atoms with Gasteiger partial charge in [0.1, 0.15) is 5.82 Å². The van der Waals surface area contributed by atoms with Crippen LogP contribution in [0, 0.1) is 5.82 Å². The van der Waals surface area contributed by atoms with Crippen LogP contribution in [0.15, 0.2) is 42.5 Å². The molecule has 0 fully saturated rings. The average molecular weight is 288 g/mol. The lowest BCUT2D eigenvalue weighted by Crippen LogP contribution is -2.16. The molecule has 0 bridgehead atoms. The summed E-state index contributed by atoms with van der Waals surface area (Å²) in [6, 6.07) is 11.7. The van der Waals surface area contributed by atoms with Crippen LogP contribution in [0.3, 0.4) is 0 Å². The number of ether oxygens (including phenoxy) is 1. The number of hydrogen-bond donors (Lipinski definition) is 2. The quantitative estimate of drug-likeness (QED) is 0.888. The van der Waals surface area contributed by atoms with E-state index in [2.05, 4.69) is 10.6 Å². The van der Waals surface area contributed by atoms with Crippen LogP contribution in [0.25, 0.3) is 0 Å². The first-order chi connectivity index (χ1) is 10.2. The van der Waals surface area contributed by atoms with E-state index in [1.807, 2.05) is 18.2 Å². The molecule has 0 heterocycles. The lowest BCUT2D eigenvalue weighted by atomic mass is 10.1. The number of nitrogens with one attached hydrogen (secondary N) is 2. The van der Waals surface area contributed by atoms with Gasteiger partial charge >= 0.3 is 0 Å². The van der Waals surface area contributed by atoms with E-state index in [1.165, 1.54) is 12.1 Å². The van der Waals surface area contributed by atoms with Gasteiger partial charge in [-0.3, -0.25) is 4.79 Å². The van der Waals surface area contributed by atoms with E-state index in [0.717, 1.165) is 5.56 Å². The fraction of sp³-hybridized carbons (Fsp3) is 0.188. The molecule has 0 saturated heterocycles. The minimum Gasteiger partial charge on any atom is -0.385 e. The van der Waals surface area contributed by atoms with Crippen LogP contribution in [-0.4, -0.2) is 20.1 Å². The van der Waals surface area contributed by atoms with Crippen LogP contribution in [-0.2, 0) is 11.3 Å². The molecule has 0 saturated carbocycles. The molecule has 0 radical (unpaired) electrons. The van der Waals surface area contributed by atoms with Crippen molar-refractivity contribution in [2.75, 3.05) is 24.8 Å². The van der Waals surface area contributed by atoms with Crippen LogP contribution >= 0.6 is 0 Å². The normalized spacial score (nSPS) is 10.2. The van der Waals surface area contributed by atoms with Crippen molar-refractivity contribution in [3.05, 3.63) is 59.4 Å². The van der Waals surface area contributed by atoms with E-state index >= 15 is 0 Å². The zero-order valence-corrected chi connectivity index (χ0v) is 11.9. The van der Waals surface area contributed by atoms with Gasteiger partial charge in [-0.1, -0.05) is 24.3 Å². The molecular weight excluding hydrogens is 271 g/mol.